The van der Waals surface area contributed by atoms with Gasteiger partial charge in [-0.2, -0.15) is 14.0 Å². The molecule has 1 aromatic rings. The highest BCUT2D eigenvalue weighted by atomic mass is 79.9. The topological polar surface area (TPSA) is 59.0 Å². The number of nitrogen functional groups attached to an aromatic ring is 1. The first kappa shape index (κ1) is 10.7. The summed E-state index contributed by atoms with van der Waals surface area (Å²) in [6, 6.07) is 4.42. The van der Waals surface area contributed by atoms with E-state index in [1.54, 1.807) is 0 Å². The summed E-state index contributed by atoms with van der Waals surface area (Å²) >= 11 is 3.01. The molecule has 0 radical (unpaired) electrons. The summed E-state index contributed by atoms with van der Waals surface area (Å²) in [4.78, 5) is 0. The van der Waals surface area contributed by atoms with Crippen molar-refractivity contribution in [1.82, 2.24) is 0 Å². The van der Waals surface area contributed by atoms with Crippen LogP contribution in [0.15, 0.2) is 16.6 Å². The van der Waals surface area contributed by atoms with Crippen LogP contribution in [0.3, 0.4) is 0 Å². The van der Waals surface area contributed by atoms with E-state index in [0.29, 0.717) is 0 Å². The van der Waals surface area contributed by atoms with E-state index in [1.807, 2.05) is 6.07 Å². The van der Waals surface area contributed by atoms with E-state index in [4.69, 9.17) is 11.0 Å². The zero-order chi connectivity index (χ0) is 10.7. The minimum atomic E-state index is -2.93. The SMILES string of the molecule is N#Cc1ccc(OC(F)F)c(N)c1Br. The van der Waals surface area contributed by atoms with Crippen LogP contribution in [-0.2, 0) is 0 Å². The van der Waals surface area contributed by atoms with E-state index in [-0.39, 0.29) is 21.5 Å². The fourth-order valence-electron chi connectivity index (χ4n) is 0.860. The number of nitriles is 1. The van der Waals surface area contributed by atoms with Gasteiger partial charge in [0.25, 0.3) is 0 Å². The molecule has 0 aliphatic rings. The molecule has 0 spiro atoms. The van der Waals surface area contributed by atoms with Gasteiger partial charge in [0.1, 0.15) is 11.8 Å². The van der Waals surface area contributed by atoms with Gasteiger partial charge in [0.2, 0.25) is 0 Å². The van der Waals surface area contributed by atoms with Crippen molar-refractivity contribution in [3.63, 3.8) is 0 Å². The second kappa shape index (κ2) is 4.24. The van der Waals surface area contributed by atoms with Crippen LogP contribution >= 0.6 is 15.9 Å². The first-order chi connectivity index (χ1) is 6.56. The smallest absolute Gasteiger partial charge is 0.387 e. The molecule has 6 heteroatoms. The number of nitrogens with zero attached hydrogens (tertiary/aromatic N) is 1. The quantitative estimate of drug-likeness (QED) is 0.834. The van der Waals surface area contributed by atoms with Gasteiger partial charge in [-0.3, -0.25) is 0 Å². The summed E-state index contributed by atoms with van der Waals surface area (Å²) in [6.45, 7) is -2.93. The maximum Gasteiger partial charge on any atom is 0.387 e. The van der Waals surface area contributed by atoms with Crippen LogP contribution in [0.2, 0.25) is 0 Å². The minimum Gasteiger partial charge on any atom is -0.433 e. The Morgan fingerprint density at radius 3 is 2.64 bits per heavy atom. The van der Waals surface area contributed by atoms with Gasteiger partial charge in [-0.25, -0.2) is 0 Å². The van der Waals surface area contributed by atoms with E-state index >= 15 is 0 Å². The molecule has 0 aromatic heterocycles. The molecule has 1 aromatic carbocycles. The van der Waals surface area contributed by atoms with Crippen LogP contribution in [0, 0.1) is 11.3 Å². The molecule has 0 unspecified atom stereocenters. The summed E-state index contributed by atoms with van der Waals surface area (Å²) < 4.78 is 28.1. The average Bonchev–Trinajstić information content (AvgIpc) is 2.13. The Labute approximate surface area is 87.2 Å². The van der Waals surface area contributed by atoms with Gasteiger partial charge in [0, 0.05) is 0 Å². The first-order valence-electron chi connectivity index (χ1n) is 3.49. The van der Waals surface area contributed by atoms with Crippen molar-refractivity contribution in [3.8, 4) is 11.8 Å². The Morgan fingerprint density at radius 2 is 2.14 bits per heavy atom. The lowest BCUT2D eigenvalue weighted by Gasteiger charge is -2.09. The van der Waals surface area contributed by atoms with Crippen molar-refractivity contribution in [2.24, 2.45) is 0 Å². The highest BCUT2D eigenvalue weighted by Crippen LogP contribution is 2.33. The Kier molecular flexibility index (Phi) is 3.25. The second-order valence-corrected chi connectivity index (χ2v) is 3.12. The standard InChI is InChI=1S/C8H5BrF2N2O/c9-6-4(3-12)1-2-5(7(6)13)14-8(10)11/h1-2,8H,13H2. The Balaban J connectivity index is 3.12. The van der Waals surface area contributed by atoms with E-state index in [1.165, 1.54) is 12.1 Å². The van der Waals surface area contributed by atoms with Gasteiger partial charge in [-0.05, 0) is 28.1 Å². The molecule has 0 heterocycles. The Bertz CT molecular complexity index is 390. The maximum absolute atomic E-state index is 11.9. The largest absolute Gasteiger partial charge is 0.433 e. The number of alkyl halides is 2. The van der Waals surface area contributed by atoms with Crippen LogP contribution in [0.25, 0.3) is 0 Å². The van der Waals surface area contributed by atoms with E-state index in [9.17, 15) is 8.78 Å². The summed E-state index contributed by atoms with van der Waals surface area (Å²) in [5.41, 5.74) is 5.71. The number of benzene rings is 1. The highest BCUT2D eigenvalue weighted by Gasteiger charge is 2.12. The monoisotopic (exact) mass is 262 g/mol. The Morgan fingerprint density at radius 1 is 1.50 bits per heavy atom. The fourth-order valence-corrected chi connectivity index (χ4v) is 1.28. The number of rotatable bonds is 2. The fraction of sp³-hybridized carbons (Fsp3) is 0.125. The molecule has 0 atom stereocenters. The van der Waals surface area contributed by atoms with Crippen molar-refractivity contribution in [1.29, 1.82) is 5.26 Å². The van der Waals surface area contributed by atoms with Gasteiger partial charge in [0.15, 0.2) is 0 Å². The summed E-state index contributed by atoms with van der Waals surface area (Å²) in [6.07, 6.45) is 0. The molecule has 0 amide bonds. The number of halogens is 3. The van der Waals surface area contributed by atoms with Gasteiger partial charge in [-0.15, -0.1) is 0 Å². The molecular weight excluding hydrogens is 258 g/mol. The maximum atomic E-state index is 11.9. The van der Waals surface area contributed by atoms with E-state index in [2.05, 4.69) is 20.7 Å². The molecular formula is C8H5BrF2N2O. The lowest BCUT2D eigenvalue weighted by Crippen LogP contribution is -2.05. The molecule has 3 nitrogen and oxygen atoms in total. The highest BCUT2D eigenvalue weighted by molar-refractivity contribution is 9.10. The second-order valence-electron chi connectivity index (χ2n) is 2.33. The number of ether oxygens (including phenoxy) is 1. The third-order valence-electron chi connectivity index (χ3n) is 1.48. The number of anilines is 1. The van der Waals surface area contributed by atoms with Crippen molar-refractivity contribution in [2.75, 3.05) is 5.73 Å². The van der Waals surface area contributed by atoms with Crippen LogP contribution in [0.1, 0.15) is 5.56 Å². The average molecular weight is 263 g/mol. The van der Waals surface area contributed by atoms with Gasteiger partial charge >= 0.3 is 6.61 Å². The van der Waals surface area contributed by atoms with Crippen molar-refractivity contribution >= 4 is 21.6 Å². The third-order valence-corrected chi connectivity index (χ3v) is 2.33. The molecule has 74 valence electrons. The normalized spacial score (nSPS) is 9.93. The Hall–Kier alpha value is -1.35. The number of hydrogen-bond acceptors (Lipinski definition) is 3. The molecule has 0 fully saturated rings. The van der Waals surface area contributed by atoms with Crippen LogP contribution in [0.5, 0.6) is 5.75 Å². The van der Waals surface area contributed by atoms with Gasteiger partial charge in [-0.1, -0.05) is 0 Å². The molecule has 2 N–H and O–H groups in total. The van der Waals surface area contributed by atoms with Crippen LogP contribution < -0.4 is 10.5 Å². The van der Waals surface area contributed by atoms with Crippen LogP contribution in [0.4, 0.5) is 14.5 Å². The molecule has 0 saturated heterocycles. The van der Waals surface area contributed by atoms with E-state index in [0.717, 1.165) is 0 Å². The molecule has 0 aliphatic carbocycles. The molecule has 0 saturated carbocycles. The first-order valence-corrected chi connectivity index (χ1v) is 4.28. The predicted octanol–water partition coefficient (Wildman–Crippen LogP) is 2.50. The summed E-state index contributed by atoms with van der Waals surface area (Å²) in [7, 11) is 0. The lowest BCUT2D eigenvalue weighted by atomic mass is 10.2. The third kappa shape index (κ3) is 2.12. The summed E-state index contributed by atoms with van der Waals surface area (Å²) in [5, 5.41) is 8.59. The summed E-state index contributed by atoms with van der Waals surface area (Å²) in [5.74, 6) is -0.147. The van der Waals surface area contributed by atoms with Crippen molar-refractivity contribution in [2.45, 2.75) is 6.61 Å². The van der Waals surface area contributed by atoms with Gasteiger partial charge < -0.3 is 10.5 Å². The zero-order valence-corrected chi connectivity index (χ0v) is 8.38. The molecule has 0 bridgehead atoms. The van der Waals surface area contributed by atoms with Gasteiger partial charge in [0.05, 0.1) is 15.7 Å². The zero-order valence-electron chi connectivity index (χ0n) is 6.80. The van der Waals surface area contributed by atoms with Crippen molar-refractivity contribution < 1.29 is 13.5 Å². The number of nitrogens with two attached hydrogens (primary N) is 1. The van der Waals surface area contributed by atoms with Crippen molar-refractivity contribution in [3.05, 3.63) is 22.2 Å². The molecule has 0 aliphatic heterocycles. The molecule has 1 rings (SSSR count). The van der Waals surface area contributed by atoms with E-state index < -0.39 is 6.61 Å². The number of hydrogen-bond donors (Lipinski definition) is 1. The molecule has 14 heavy (non-hydrogen) atoms. The van der Waals surface area contributed by atoms with Crippen LogP contribution in [-0.4, -0.2) is 6.61 Å². The lowest BCUT2D eigenvalue weighted by molar-refractivity contribution is -0.0493. The predicted molar refractivity (Wildman–Crippen MR) is 49.9 cm³/mol. The minimum absolute atomic E-state index is 0.00986.